The number of aliphatic hydroxyl groups is 1. The minimum atomic E-state index is -1.23. The predicted octanol–water partition coefficient (Wildman–Crippen LogP) is 4.19. The topological polar surface area (TPSA) is 134 Å². The van der Waals surface area contributed by atoms with Crippen LogP contribution in [0.3, 0.4) is 0 Å². The molecule has 0 saturated carbocycles. The van der Waals surface area contributed by atoms with Gasteiger partial charge in [-0.15, -0.1) is 0 Å². The number of nitrogens with zero attached hydrogens (tertiary/aromatic N) is 3. The maximum Gasteiger partial charge on any atom is 0.250 e. The summed E-state index contributed by atoms with van der Waals surface area (Å²) >= 11 is 2.51. The van der Waals surface area contributed by atoms with Gasteiger partial charge in [0.2, 0.25) is 16.9 Å². The molecule has 0 aliphatic heterocycles. The average Bonchev–Trinajstić information content (AvgIpc) is 3.27. The number of aryl methyl sites for hydroxylation is 2. The number of aliphatic imine (C=N–C) groups is 1. The Morgan fingerprint density at radius 2 is 1.65 bits per heavy atom. The molecule has 2 rings (SSSR count). The zero-order valence-electron chi connectivity index (χ0n) is 20.9. The third-order valence-electron chi connectivity index (χ3n) is 5.00. The third kappa shape index (κ3) is 7.00. The first-order chi connectivity index (χ1) is 15.7. The maximum atomic E-state index is 12.9. The van der Waals surface area contributed by atoms with Crippen LogP contribution in [0, 0.1) is 19.3 Å². The second kappa shape index (κ2) is 11.3. The van der Waals surface area contributed by atoms with Gasteiger partial charge in [-0.1, -0.05) is 56.8 Å². The van der Waals surface area contributed by atoms with Crippen LogP contribution in [0.5, 0.6) is 0 Å². The summed E-state index contributed by atoms with van der Waals surface area (Å²) in [5, 5.41) is 16.5. The number of carbonyl (C=O) groups is 3. The summed E-state index contributed by atoms with van der Waals surface area (Å²) in [6.07, 6.45) is -0.133. The Hall–Kier alpha value is -2.50. The van der Waals surface area contributed by atoms with Crippen molar-refractivity contribution in [1.29, 1.82) is 0 Å². The van der Waals surface area contributed by atoms with E-state index in [4.69, 9.17) is 0 Å². The average molecular weight is 508 g/mol. The fraction of sp³-hybridized carbons (Fsp3) is 0.565. The molecule has 0 saturated heterocycles. The van der Waals surface area contributed by atoms with Gasteiger partial charge in [0.15, 0.2) is 10.9 Å². The predicted molar refractivity (Wildman–Crippen MR) is 137 cm³/mol. The molecule has 2 amide bonds. The molecule has 0 bridgehead atoms. The molecule has 0 fully saturated rings. The van der Waals surface area contributed by atoms with Gasteiger partial charge in [-0.2, -0.15) is 0 Å². The standard InChI is InChI=1S/C23H33N5O4S2/c1-9-10-15(27-20(32)18(30)23(6,7)8)19(31)28-22-25-12(3)16(33-22)11(2)24-21-26-13(4)17(34-21)14(5)29/h15,18,30H,9-10H2,1-8H3,(H,27,32)(H,25,28,31)/b24-11+/t15-,18+/m0/s1. The second-order valence-corrected chi connectivity index (χ2v) is 11.2. The van der Waals surface area contributed by atoms with E-state index in [1.807, 2.05) is 20.8 Å². The highest BCUT2D eigenvalue weighted by atomic mass is 32.1. The van der Waals surface area contributed by atoms with E-state index >= 15 is 0 Å². The molecule has 3 N–H and O–H groups in total. The molecular weight excluding hydrogens is 474 g/mol. The van der Waals surface area contributed by atoms with Crippen LogP contribution in [0.15, 0.2) is 4.99 Å². The smallest absolute Gasteiger partial charge is 0.250 e. The number of anilines is 1. The van der Waals surface area contributed by atoms with Crippen LogP contribution < -0.4 is 10.6 Å². The zero-order valence-corrected chi connectivity index (χ0v) is 22.5. The van der Waals surface area contributed by atoms with Crippen LogP contribution in [-0.2, 0) is 9.59 Å². The Labute approximate surface area is 208 Å². The molecule has 0 unspecified atom stereocenters. The largest absolute Gasteiger partial charge is 0.383 e. The molecule has 0 aliphatic carbocycles. The Morgan fingerprint density at radius 3 is 2.18 bits per heavy atom. The highest BCUT2D eigenvalue weighted by Gasteiger charge is 2.32. The van der Waals surface area contributed by atoms with E-state index in [9.17, 15) is 19.5 Å². The number of aromatic nitrogens is 2. The minimum absolute atomic E-state index is 0.0446. The molecule has 0 spiro atoms. The molecule has 2 aromatic rings. The molecule has 0 aliphatic rings. The summed E-state index contributed by atoms with van der Waals surface area (Å²) in [6, 6.07) is -0.791. The van der Waals surface area contributed by atoms with Crippen LogP contribution in [0.1, 0.15) is 80.3 Å². The highest BCUT2D eigenvalue weighted by molar-refractivity contribution is 7.18. The molecule has 0 radical (unpaired) electrons. The number of rotatable bonds is 9. The Balaban J connectivity index is 2.18. The molecule has 9 nitrogen and oxygen atoms in total. The van der Waals surface area contributed by atoms with Crippen molar-refractivity contribution in [3.63, 3.8) is 0 Å². The number of ketones is 1. The lowest BCUT2D eigenvalue weighted by molar-refractivity contribution is -0.137. The summed E-state index contributed by atoms with van der Waals surface area (Å²) in [6.45, 7) is 14.1. The second-order valence-electron chi connectivity index (χ2n) is 9.21. The SMILES string of the molecule is CCC[C@H](NC(=O)[C@@H](O)C(C)(C)C)C(=O)Nc1nc(C)c(/C(C)=N/c2nc(C)c(C(C)=O)s2)s1. The van der Waals surface area contributed by atoms with Crippen molar-refractivity contribution < 1.29 is 19.5 Å². The van der Waals surface area contributed by atoms with Gasteiger partial charge in [-0.25, -0.2) is 15.0 Å². The molecule has 34 heavy (non-hydrogen) atoms. The lowest BCUT2D eigenvalue weighted by atomic mass is 9.88. The molecule has 0 aromatic carbocycles. The van der Waals surface area contributed by atoms with Gasteiger partial charge in [0.25, 0.3) is 0 Å². The molecule has 2 heterocycles. The van der Waals surface area contributed by atoms with Crippen LogP contribution >= 0.6 is 22.7 Å². The number of thiazole rings is 2. The quantitative estimate of drug-likeness (QED) is 0.344. The lowest BCUT2D eigenvalue weighted by Gasteiger charge is -2.26. The summed E-state index contributed by atoms with van der Waals surface area (Å²) in [7, 11) is 0. The highest BCUT2D eigenvalue weighted by Crippen LogP contribution is 2.29. The van der Waals surface area contributed by atoms with E-state index in [1.54, 1.807) is 27.7 Å². The Kier molecular flexibility index (Phi) is 9.21. The van der Waals surface area contributed by atoms with E-state index in [1.165, 1.54) is 29.6 Å². The number of aliphatic hydroxyl groups excluding tert-OH is 1. The fourth-order valence-corrected chi connectivity index (χ4v) is 4.93. The molecular formula is C23H33N5O4S2. The molecule has 2 atom stereocenters. The minimum Gasteiger partial charge on any atom is -0.383 e. The fourth-order valence-electron chi connectivity index (χ4n) is 3.13. The van der Waals surface area contributed by atoms with E-state index < -0.39 is 29.4 Å². The summed E-state index contributed by atoms with van der Waals surface area (Å²) in [5.74, 6) is -1.02. The van der Waals surface area contributed by atoms with Crippen LogP contribution in [0.2, 0.25) is 0 Å². The van der Waals surface area contributed by atoms with Gasteiger partial charge < -0.3 is 15.7 Å². The molecule has 186 valence electrons. The lowest BCUT2D eigenvalue weighted by Crippen LogP contribution is -2.50. The molecule has 11 heteroatoms. The Morgan fingerprint density at radius 1 is 1.03 bits per heavy atom. The molecule has 2 aromatic heterocycles. The van der Waals surface area contributed by atoms with Crippen molar-refractivity contribution in [2.24, 2.45) is 10.4 Å². The summed E-state index contributed by atoms with van der Waals surface area (Å²) in [5.41, 5.74) is 1.38. The van der Waals surface area contributed by atoms with Gasteiger partial charge in [-0.3, -0.25) is 14.4 Å². The summed E-state index contributed by atoms with van der Waals surface area (Å²) < 4.78 is 0. The first kappa shape index (κ1) is 27.7. The number of amides is 2. The van der Waals surface area contributed by atoms with Crippen molar-refractivity contribution in [3.05, 3.63) is 21.1 Å². The van der Waals surface area contributed by atoms with Crippen LogP contribution in [0.4, 0.5) is 10.3 Å². The number of nitrogens with one attached hydrogen (secondary N) is 2. The van der Waals surface area contributed by atoms with Gasteiger partial charge in [0.1, 0.15) is 12.1 Å². The van der Waals surface area contributed by atoms with Crippen LogP contribution in [0.25, 0.3) is 0 Å². The van der Waals surface area contributed by atoms with Crippen molar-refractivity contribution >= 4 is 56.2 Å². The van der Waals surface area contributed by atoms with E-state index in [2.05, 4.69) is 25.6 Å². The summed E-state index contributed by atoms with van der Waals surface area (Å²) in [4.78, 5) is 51.7. The number of Topliss-reactive ketones (excluding diaryl/α,β-unsaturated/α-hetero) is 1. The number of carbonyl (C=O) groups excluding carboxylic acids is 3. The van der Waals surface area contributed by atoms with Crippen molar-refractivity contribution in [2.75, 3.05) is 5.32 Å². The van der Waals surface area contributed by atoms with Gasteiger partial charge in [0.05, 0.1) is 26.9 Å². The van der Waals surface area contributed by atoms with Crippen molar-refractivity contribution in [1.82, 2.24) is 15.3 Å². The third-order valence-corrected chi connectivity index (χ3v) is 7.34. The first-order valence-electron chi connectivity index (χ1n) is 11.0. The van der Waals surface area contributed by atoms with E-state index in [0.29, 0.717) is 45.1 Å². The Bertz CT molecular complexity index is 1100. The van der Waals surface area contributed by atoms with Crippen molar-refractivity contribution in [3.8, 4) is 0 Å². The van der Waals surface area contributed by atoms with Gasteiger partial charge in [0, 0.05) is 6.92 Å². The zero-order chi connectivity index (χ0) is 25.8. The van der Waals surface area contributed by atoms with E-state index in [-0.39, 0.29) is 5.78 Å². The number of hydrogen-bond donors (Lipinski definition) is 3. The van der Waals surface area contributed by atoms with Gasteiger partial charge >= 0.3 is 0 Å². The van der Waals surface area contributed by atoms with Crippen molar-refractivity contribution in [2.45, 2.75) is 80.4 Å². The van der Waals surface area contributed by atoms with Gasteiger partial charge in [-0.05, 0) is 32.6 Å². The number of hydrogen-bond acceptors (Lipinski definition) is 9. The monoisotopic (exact) mass is 507 g/mol. The van der Waals surface area contributed by atoms with Crippen LogP contribution in [-0.4, -0.2) is 50.5 Å². The maximum absolute atomic E-state index is 12.9. The normalized spacial score (nSPS) is 14.0. The first-order valence-corrected chi connectivity index (χ1v) is 12.7. The van der Waals surface area contributed by atoms with E-state index in [0.717, 1.165) is 4.88 Å².